The van der Waals surface area contributed by atoms with Crippen molar-refractivity contribution in [1.82, 2.24) is 10.2 Å². The summed E-state index contributed by atoms with van der Waals surface area (Å²) < 4.78 is 5.54. The number of ether oxygens (including phenoxy) is 1. The van der Waals surface area contributed by atoms with Gasteiger partial charge in [-0.05, 0) is 25.0 Å². The van der Waals surface area contributed by atoms with Crippen molar-refractivity contribution in [3.63, 3.8) is 0 Å². The van der Waals surface area contributed by atoms with Gasteiger partial charge < -0.3 is 9.53 Å². The number of rotatable bonds is 6. The minimum Gasteiger partial charge on any atom is -0.493 e. The molecule has 3 rings (SSSR count). The van der Waals surface area contributed by atoms with Crippen molar-refractivity contribution in [2.75, 3.05) is 6.61 Å². The van der Waals surface area contributed by atoms with Crippen molar-refractivity contribution in [3.05, 3.63) is 29.3 Å². The Kier molecular flexibility index (Phi) is 4.60. The van der Waals surface area contributed by atoms with Crippen LogP contribution < -0.4 is 10.1 Å². The van der Waals surface area contributed by atoms with Gasteiger partial charge in [-0.3, -0.25) is 29.4 Å². The molecule has 0 aromatic heterocycles. The number of imide groups is 2. The average molecular weight is 344 g/mol. The van der Waals surface area contributed by atoms with Crippen LogP contribution in [-0.2, 0) is 14.4 Å². The van der Waals surface area contributed by atoms with E-state index in [0.29, 0.717) is 12.8 Å². The highest BCUT2D eigenvalue weighted by molar-refractivity contribution is 6.24. The maximum absolute atomic E-state index is 12.7. The monoisotopic (exact) mass is 344 g/mol. The predicted octanol–water partition coefficient (Wildman–Crippen LogP) is 0.446. The van der Waals surface area contributed by atoms with Gasteiger partial charge in [0.05, 0.1) is 17.7 Å². The van der Waals surface area contributed by atoms with E-state index in [1.54, 1.807) is 12.1 Å². The van der Waals surface area contributed by atoms with Crippen molar-refractivity contribution in [1.29, 1.82) is 0 Å². The lowest BCUT2D eigenvalue weighted by molar-refractivity contribution is -0.136. The molecule has 1 aromatic carbocycles. The summed E-state index contributed by atoms with van der Waals surface area (Å²) in [6.07, 6.45) is 1.78. The highest BCUT2D eigenvalue weighted by Crippen LogP contribution is 2.33. The van der Waals surface area contributed by atoms with Gasteiger partial charge in [0, 0.05) is 12.8 Å². The molecule has 25 heavy (non-hydrogen) atoms. The van der Waals surface area contributed by atoms with Crippen molar-refractivity contribution in [2.24, 2.45) is 0 Å². The van der Waals surface area contributed by atoms with Crippen LogP contribution in [0.5, 0.6) is 5.75 Å². The molecule has 0 saturated carbocycles. The molecule has 0 radical (unpaired) electrons. The first-order valence-electron chi connectivity index (χ1n) is 7.95. The van der Waals surface area contributed by atoms with Crippen molar-refractivity contribution >= 4 is 29.9 Å². The van der Waals surface area contributed by atoms with Crippen LogP contribution in [0.2, 0.25) is 0 Å². The summed E-state index contributed by atoms with van der Waals surface area (Å²) in [5.41, 5.74) is 0.283. The lowest BCUT2D eigenvalue weighted by Gasteiger charge is -2.27. The molecule has 1 atom stereocenters. The second-order valence-electron chi connectivity index (χ2n) is 5.78. The molecule has 0 bridgehead atoms. The zero-order valence-corrected chi connectivity index (χ0v) is 13.3. The van der Waals surface area contributed by atoms with Crippen LogP contribution in [0.4, 0.5) is 0 Å². The molecule has 1 fully saturated rings. The van der Waals surface area contributed by atoms with E-state index in [1.165, 1.54) is 6.07 Å². The van der Waals surface area contributed by atoms with Crippen molar-refractivity contribution in [2.45, 2.75) is 31.7 Å². The molecule has 130 valence electrons. The summed E-state index contributed by atoms with van der Waals surface area (Å²) in [5, 5.41) is 2.15. The van der Waals surface area contributed by atoms with Gasteiger partial charge in [-0.2, -0.15) is 0 Å². The van der Waals surface area contributed by atoms with E-state index in [1.807, 2.05) is 0 Å². The molecular formula is C17H16N2O6. The lowest BCUT2D eigenvalue weighted by Crippen LogP contribution is -2.54. The molecule has 0 spiro atoms. The van der Waals surface area contributed by atoms with Gasteiger partial charge in [-0.15, -0.1) is 0 Å². The molecule has 1 saturated heterocycles. The molecule has 2 aliphatic rings. The van der Waals surface area contributed by atoms with E-state index in [-0.39, 0.29) is 36.3 Å². The summed E-state index contributed by atoms with van der Waals surface area (Å²) in [6, 6.07) is 3.65. The predicted molar refractivity (Wildman–Crippen MR) is 83.9 cm³/mol. The number of piperidine rings is 1. The number of benzene rings is 1. The van der Waals surface area contributed by atoms with Gasteiger partial charge in [-0.1, -0.05) is 6.07 Å². The van der Waals surface area contributed by atoms with Gasteiger partial charge >= 0.3 is 0 Å². The third kappa shape index (κ3) is 3.02. The minimum absolute atomic E-state index is 0.0683. The second-order valence-corrected chi connectivity index (χ2v) is 5.78. The number of carbonyl (C=O) groups excluding carboxylic acids is 5. The maximum Gasteiger partial charge on any atom is 0.266 e. The summed E-state index contributed by atoms with van der Waals surface area (Å²) >= 11 is 0. The molecule has 0 unspecified atom stereocenters. The quantitative estimate of drug-likeness (QED) is 0.456. The third-order valence-corrected chi connectivity index (χ3v) is 4.15. The Morgan fingerprint density at radius 1 is 1.20 bits per heavy atom. The van der Waals surface area contributed by atoms with Crippen LogP contribution in [0, 0.1) is 0 Å². The van der Waals surface area contributed by atoms with E-state index in [9.17, 15) is 24.0 Å². The van der Waals surface area contributed by atoms with Crippen molar-refractivity contribution in [3.8, 4) is 5.75 Å². The standard InChI is InChI=1S/C17H16N2O6/c20-8-1-2-9-25-12-5-3-4-10-14(12)17(24)19(16(10)23)11-6-7-13(21)18-15(11)22/h3-5,8,11H,1-2,6-7,9H2,(H,18,21,22)/t11-/m0/s1. The number of nitrogens with zero attached hydrogens (tertiary/aromatic N) is 1. The van der Waals surface area contributed by atoms with E-state index < -0.39 is 29.7 Å². The molecule has 1 aromatic rings. The first-order valence-corrected chi connectivity index (χ1v) is 7.95. The topological polar surface area (TPSA) is 110 Å². The van der Waals surface area contributed by atoms with Gasteiger partial charge in [0.15, 0.2) is 0 Å². The van der Waals surface area contributed by atoms with Crippen LogP contribution in [0.15, 0.2) is 18.2 Å². The Bertz CT molecular complexity index is 772. The number of nitrogens with one attached hydrogen (secondary N) is 1. The molecule has 1 N–H and O–H groups in total. The smallest absolute Gasteiger partial charge is 0.266 e. The fourth-order valence-corrected chi connectivity index (χ4v) is 2.95. The Morgan fingerprint density at radius 3 is 2.72 bits per heavy atom. The van der Waals surface area contributed by atoms with E-state index in [4.69, 9.17) is 4.74 Å². The summed E-state index contributed by atoms with van der Waals surface area (Å²) in [5.74, 6) is -2.01. The van der Waals surface area contributed by atoms with Gasteiger partial charge in [0.2, 0.25) is 11.8 Å². The normalized spacial score (nSPS) is 19.7. The number of fused-ring (bicyclic) bond motifs is 1. The molecule has 2 heterocycles. The van der Waals surface area contributed by atoms with Crippen LogP contribution in [0.3, 0.4) is 0 Å². The van der Waals surface area contributed by atoms with E-state index in [2.05, 4.69) is 5.32 Å². The fraction of sp³-hybridized carbons (Fsp3) is 0.353. The minimum atomic E-state index is -1.01. The number of hydrogen-bond donors (Lipinski definition) is 1. The Morgan fingerprint density at radius 2 is 2.00 bits per heavy atom. The third-order valence-electron chi connectivity index (χ3n) is 4.15. The fourth-order valence-electron chi connectivity index (χ4n) is 2.95. The SMILES string of the molecule is O=CCCCOc1cccc2c1C(=O)N([C@H]1CCC(=O)NC1=O)C2=O. The van der Waals surface area contributed by atoms with Crippen LogP contribution in [0.25, 0.3) is 0 Å². The first kappa shape index (κ1) is 16.8. The van der Waals surface area contributed by atoms with Crippen molar-refractivity contribution < 1.29 is 28.7 Å². The lowest BCUT2D eigenvalue weighted by atomic mass is 10.0. The molecule has 0 aliphatic carbocycles. The number of carbonyl (C=O) groups is 5. The first-order chi connectivity index (χ1) is 12.0. The summed E-state index contributed by atoms with van der Waals surface area (Å²) in [4.78, 5) is 59.9. The van der Waals surface area contributed by atoms with Crippen LogP contribution in [0.1, 0.15) is 46.4 Å². The maximum atomic E-state index is 12.7. The van der Waals surface area contributed by atoms with E-state index >= 15 is 0 Å². The molecule has 8 heteroatoms. The number of unbranched alkanes of at least 4 members (excludes halogenated alkanes) is 1. The average Bonchev–Trinajstić information content (AvgIpc) is 2.84. The Hall–Kier alpha value is -3.03. The molecular weight excluding hydrogens is 328 g/mol. The number of aldehydes is 1. The zero-order valence-electron chi connectivity index (χ0n) is 13.3. The zero-order chi connectivity index (χ0) is 18.0. The summed E-state index contributed by atoms with van der Waals surface area (Å²) in [6.45, 7) is 0.231. The Balaban J connectivity index is 1.85. The number of amides is 4. The van der Waals surface area contributed by atoms with Gasteiger partial charge in [-0.25, -0.2) is 0 Å². The highest BCUT2D eigenvalue weighted by atomic mass is 16.5. The van der Waals surface area contributed by atoms with Crippen LogP contribution in [-0.4, -0.2) is 47.5 Å². The van der Waals surface area contributed by atoms with Gasteiger partial charge in [0.25, 0.3) is 11.8 Å². The van der Waals surface area contributed by atoms with Crippen LogP contribution >= 0.6 is 0 Å². The Labute approximate surface area is 143 Å². The largest absolute Gasteiger partial charge is 0.493 e. The second kappa shape index (κ2) is 6.84. The number of hydrogen-bond acceptors (Lipinski definition) is 6. The summed E-state index contributed by atoms with van der Waals surface area (Å²) in [7, 11) is 0. The van der Waals surface area contributed by atoms with Gasteiger partial charge in [0.1, 0.15) is 18.1 Å². The molecule has 8 nitrogen and oxygen atoms in total. The van der Waals surface area contributed by atoms with E-state index in [0.717, 1.165) is 11.2 Å². The highest BCUT2D eigenvalue weighted by Gasteiger charge is 2.45. The molecule has 2 aliphatic heterocycles. The molecule has 4 amide bonds.